The topological polar surface area (TPSA) is 104 Å². The molecule has 7 nitrogen and oxygen atoms in total. The predicted octanol–water partition coefficient (Wildman–Crippen LogP) is 2.36. The van der Waals surface area contributed by atoms with Crippen LogP contribution in [0.5, 0.6) is 0 Å². The number of carboxylic acid groups (broad SMARTS) is 1. The number of amides is 2. The molecule has 120 valence electrons. The molecule has 2 unspecified atom stereocenters. The number of rotatable bonds is 4. The first kappa shape index (κ1) is 15.3. The third kappa shape index (κ3) is 3.45. The van der Waals surface area contributed by atoms with Gasteiger partial charge < -0.3 is 10.4 Å². The van der Waals surface area contributed by atoms with Gasteiger partial charge in [-0.1, -0.05) is 17.4 Å². The van der Waals surface area contributed by atoms with Gasteiger partial charge in [0.15, 0.2) is 0 Å². The lowest BCUT2D eigenvalue weighted by Gasteiger charge is -2.06. The number of nitrogens with one attached hydrogen (secondary N) is 2. The van der Waals surface area contributed by atoms with Gasteiger partial charge in [0.25, 0.3) is 5.91 Å². The summed E-state index contributed by atoms with van der Waals surface area (Å²) in [7, 11) is 0. The molecule has 3 N–H and O–H groups in total. The Morgan fingerprint density at radius 1 is 1.39 bits per heavy atom. The van der Waals surface area contributed by atoms with Crippen LogP contribution >= 0.6 is 11.3 Å². The zero-order valence-corrected chi connectivity index (χ0v) is 12.9. The molecular weight excluding hydrogens is 323 g/mol. The van der Waals surface area contributed by atoms with Crippen molar-refractivity contribution in [2.75, 3.05) is 5.32 Å². The Kier molecular flexibility index (Phi) is 3.95. The maximum absolute atomic E-state index is 13.9. The van der Waals surface area contributed by atoms with Crippen LogP contribution in [0.25, 0.3) is 0 Å². The molecule has 1 aliphatic rings. The highest BCUT2D eigenvalue weighted by atomic mass is 32.1. The summed E-state index contributed by atoms with van der Waals surface area (Å²) in [5.41, 5.74) is 0.625. The molecule has 1 aromatic carbocycles. The van der Waals surface area contributed by atoms with Gasteiger partial charge in [0.05, 0.1) is 5.56 Å². The smallest absolute Gasteiger partial charge is 0.404 e. The summed E-state index contributed by atoms with van der Waals surface area (Å²) in [5.74, 6) is -1.29. The van der Waals surface area contributed by atoms with E-state index in [0.29, 0.717) is 16.6 Å². The molecule has 1 fully saturated rings. The van der Waals surface area contributed by atoms with Crippen LogP contribution in [0.15, 0.2) is 18.2 Å². The largest absolute Gasteiger partial charge is 0.465 e. The van der Waals surface area contributed by atoms with Crippen molar-refractivity contribution < 1.29 is 19.1 Å². The molecule has 0 bridgehead atoms. The van der Waals surface area contributed by atoms with Crippen LogP contribution in [0, 0.1) is 12.7 Å². The van der Waals surface area contributed by atoms with E-state index < -0.39 is 17.8 Å². The number of anilines is 1. The molecule has 1 saturated carbocycles. The number of hydrogen-bond acceptors (Lipinski definition) is 5. The number of carbonyl (C=O) groups is 2. The van der Waals surface area contributed by atoms with Crippen molar-refractivity contribution in [3.05, 3.63) is 40.2 Å². The summed E-state index contributed by atoms with van der Waals surface area (Å²) in [5, 5.41) is 22.1. The minimum absolute atomic E-state index is 0.0398. The molecule has 2 aromatic rings. The average molecular weight is 336 g/mol. The van der Waals surface area contributed by atoms with E-state index in [0.717, 1.165) is 5.56 Å². The minimum atomic E-state index is -1.09. The lowest BCUT2D eigenvalue weighted by molar-refractivity contribution is 0.102. The molecule has 9 heteroatoms. The van der Waals surface area contributed by atoms with E-state index in [-0.39, 0.29) is 17.5 Å². The summed E-state index contributed by atoms with van der Waals surface area (Å²) in [4.78, 5) is 22.8. The molecule has 1 aliphatic carbocycles. The van der Waals surface area contributed by atoms with Gasteiger partial charge in [-0.25, -0.2) is 9.18 Å². The van der Waals surface area contributed by atoms with E-state index in [4.69, 9.17) is 5.11 Å². The van der Waals surface area contributed by atoms with Crippen LogP contribution in [0.1, 0.15) is 33.3 Å². The Morgan fingerprint density at radius 3 is 2.83 bits per heavy atom. The van der Waals surface area contributed by atoms with Crippen LogP contribution in [0.2, 0.25) is 0 Å². The number of hydrogen-bond donors (Lipinski definition) is 3. The summed E-state index contributed by atoms with van der Waals surface area (Å²) >= 11 is 1.19. The van der Waals surface area contributed by atoms with Crippen molar-refractivity contribution in [3.63, 3.8) is 0 Å². The van der Waals surface area contributed by atoms with Crippen molar-refractivity contribution in [3.8, 4) is 0 Å². The molecule has 2 amide bonds. The van der Waals surface area contributed by atoms with E-state index in [9.17, 15) is 14.0 Å². The fourth-order valence-electron chi connectivity index (χ4n) is 2.34. The Labute approximate surface area is 134 Å². The quantitative estimate of drug-likeness (QED) is 0.795. The summed E-state index contributed by atoms with van der Waals surface area (Å²) < 4.78 is 13.9. The van der Waals surface area contributed by atoms with Gasteiger partial charge in [0.2, 0.25) is 5.13 Å². The number of aromatic nitrogens is 2. The van der Waals surface area contributed by atoms with E-state index >= 15 is 0 Å². The number of halogens is 1. The number of benzene rings is 1. The molecule has 1 aromatic heterocycles. The van der Waals surface area contributed by atoms with E-state index in [1.165, 1.54) is 23.5 Å². The van der Waals surface area contributed by atoms with Crippen molar-refractivity contribution in [2.24, 2.45) is 0 Å². The third-order valence-corrected chi connectivity index (χ3v) is 4.26. The molecule has 3 rings (SSSR count). The molecule has 0 spiro atoms. The fourth-order valence-corrected chi connectivity index (χ4v) is 2.93. The lowest BCUT2D eigenvalue weighted by Crippen LogP contribution is -2.24. The van der Waals surface area contributed by atoms with Crippen molar-refractivity contribution >= 4 is 28.5 Å². The maximum Gasteiger partial charge on any atom is 0.404 e. The van der Waals surface area contributed by atoms with Crippen LogP contribution in [-0.4, -0.2) is 33.3 Å². The molecule has 0 radical (unpaired) electrons. The van der Waals surface area contributed by atoms with Gasteiger partial charge in [0, 0.05) is 12.0 Å². The van der Waals surface area contributed by atoms with Crippen molar-refractivity contribution in [1.82, 2.24) is 15.5 Å². The van der Waals surface area contributed by atoms with Crippen LogP contribution in [-0.2, 0) is 0 Å². The Bertz CT molecular complexity index is 779. The van der Waals surface area contributed by atoms with Gasteiger partial charge in [-0.05, 0) is 31.0 Å². The first-order valence-electron chi connectivity index (χ1n) is 6.84. The predicted molar refractivity (Wildman–Crippen MR) is 81.3 cm³/mol. The highest BCUT2D eigenvalue weighted by molar-refractivity contribution is 7.15. The summed E-state index contributed by atoms with van der Waals surface area (Å²) in [6, 6.07) is 4.04. The molecule has 2 atom stereocenters. The van der Waals surface area contributed by atoms with E-state index in [1.807, 2.05) is 0 Å². The summed E-state index contributed by atoms with van der Waals surface area (Å²) in [6.45, 7) is 1.75. The Morgan fingerprint density at radius 2 is 2.17 bits per heavy atom. The normalized spacial score (nSPS) is 19.2. The maximum atomic E-state index is 13.9. The lowest BCUT2D eigenvalue weighted by atomic mass is 10.1. The van der Waals surface area contributed by atoms with E-state index in [1.54, 1.807) is 13.0 Å². The molecule has 1 heterocycles. The Hall–Kier alpha value is -2.55. The van der Waals surface area contributed by atoms with Gasteiger partial charge in [-0.3, -0.25) is 10.1 Å². The first-order valence-corrected chi connectivity index (χ1v) is 7.66. The molecule has 0 aliphatic heterocycles. The van der Waals surface area contributed by atoms with Crippen LogP contribution in [0.4, 0.5) is 14.3 Å². The first-order chi connectivity index (χ1) is 10.9. The molecule has 23 heavy (non-hydrogen) atoms. The number of aryl methyl sites for hydroxylation is 1. The van der Waals surface area contributed by atoms with Crippen molar-refractivity contribution in [2.45, 2.75) is 25.3 Å². The van der Waals surface area contributed by atoms with Crippen LogP contribution in [0.3, 0.4) is 0 Å². The van der Waals surface area contributed by atoms with E-state index in [2.05, 4.69) is 20.8 Å². The zero-order chi connectivity index (χ0) is 16.6. The molecular formula is C14H13FN4O3S. The molecule has 0 saturated heterocycles. The highest BCUT2D eigenvalue weighted by Gasteiger charge is 2.40. The monoisotopic (exact) mass is 336 g/mol. The van der Waals surface area contributed by atoms with Gasteiger partial charge in [0.1, 0.15) is 10.8 Å². The summed E-state index contributed by atoms with van der Waals surface area (Å²) in [6.07, 6.45) is -0.460. The Balaban J connectivity index is 1.75. The number of nitrogens with zero attached hydrogens (tertiary/aromatic N) is 2. The SMILES string of the molecule is Cc1nnc(NC(=O)c2cc(C3CC3NC(=O)O)ccc2F)s1. The third-order valence-electron chi connectivity index (χ3n) is 3.51. The van der Waals surface area contributed by atoms with Gasteiger partial charge >= 0.3 is 6.09 Å². The standard InChI is InChI=1S/C14H13FN4O3S/c1-6-18-19-13(23-6)17-12(20)9-4-7(2-3-10(9)15)8-5-11(8)16-14(21)22/h2-4,8,11,16H,5H2,1H3,(H,21,22)(H,17,19,20). The average Bonchev–Trinajstić information content (AvgIpc) is 3.11. The fraction of sp³-hybridized carbons (Fsp3) is 0.286. The minimum Gasteiger partial charge on any atom is -0.465 e. The van der Waals surface area contributed by atoms with Crippen LogP contribution < -0.4 is 10.6 Å². The van der Waals surface area contributed by atoms with Crippen molar-refractivity contribution in [1.29, 1.82) is 0 Å². The number of carbonyl (C=O) groups excluding carboxylic acids is 1. The van der Waals surface area contributed by atoms with Gasteiger partial charge in [-0.15, -0.1) is 10.2 Å². The highest BCUT2D eigenvalue weighted by Crippen LogP contribution is 2.41. The second-order valence-corrected chi connectivity index (χ2v) is 6.40. The van der Waals surface area contributed by atoms with Gasteiger partial charge in [-0.2, -0.15) is 0 Å². The second kappa shape index (κ2) is 5.92. The zero-order valence-electron chi connectivity index (χ0n) is 12.0. The second-order valence-electron chi connectivity index (χ2n) is 5.22.